The van der Waals surface area contributed by atoms with Crippen LogP contribution < -0.4 is 0 Å². The van der Waals surface area contributed by atoms with Gasteiger partial charge in [-0.15, -0.1) is 0 Å². The van der Waals surface area contributed by atoms with Crippen molar-refractivity contribution in [3.05, 3.63) is 0 Å². The first-order chi connectivity index (χ1) is 8.99. The lowest BCUT2D eigenvalue weighted by atomic mass is 10.2. The van der Waals surface area contributed by atoms with Crippen LogP contribution in [-0.4, -0.2) is 65.3 Å². The van der Waals surface area contributed by atoms with Crippen LogP contribution in [0.15, 0.2) is 0 Å². The highest BCUT2D eigenvalue weighted by atomic mass is 16.5. The second-order valence-corrected chi connectivity index (χ2v) is 4.60. The number of aliphatic carboxylic acids is 1. The normalized spacial score (nSPS) is 19.1. The average Bonchev–Trinajstić information content (AvgIpc) is 2.38. The van der Waals surface area contributed by atoms with Crippen molar-refractivity contribution < 1.29 is 19.4 Å². The first-order valence-corrected chi connectivity index (χ1v) is 6.23. The van der Waals surface area contributed by atoms with Crippen molar-refractivity contribution in [2.24, 2.45) is 0 Å². The number of nitrogens with zero attached hydrogens (tertiary/aromatic N) is 3. The predicted molar refractivity (Wildman–Crippen MR) is 66.4 cm³/mol. The fraction of sp³-hybridized carbons (Fsp3) is 0.750. The Morgan fingerprint density at radius 1 is 1.58 bits per heavy atom. The number of amides is 2. The predicted octanol–water partition coefficient (Wildman–Crippen LogP) is 0.516. The van der Waals surface area contributed by atoms with Gasteiger partial charge in [-0.1, -0.05) is 0 Å². The van der Waals surface area contributed by atoms with Crippen LogP contribution in [0.1, 0.15) is 20.3 Å². The van der Waals surface area contributed by atoms with Gasteiger partial charge >= 0.3 is 12.0 Å². The van der Waals surface area contributed by atoms with Gasteiger partial charge in [-0.2, -0.15) is 5.26 Å². The van der Waals surface area contributed by atoms with E-state index in [9.17, 15) is 9.59 Å². The fourth-order valence-corrected chi connectivity index (χ4v) is 1.95. The lowest BCUT2D eigenvalue weighted by Crippen LogP contribution is -2.57. The zero-order chi connectivity index (χ0) is 14.4. The summed E-state index contributed by atoms with van der Waals surface area (Å²) in [5.74, 6) is -1.07. The van der Waals surface area contributed by atoms with Crippen molar-refractivity contribution >= 4 is 12.0 Å². The fourth-order valence-electron chi connectivity index (χ4n) is 1.95. The van der Waals surface area contributed by atoms with E-state index in [-0.39, 0.29) is 31.6 Å². The number of urea groups is 1. The van der Waals surface area contributed by atoms with Crippen LogP contribution in [0.25, 0.3) is 0 Å². The summed E-state index contributed by atoms with van der Waals surface area (Å²) in [5.41, 5.74) is 0. The molecule has 0 aliphatic carbocycles. The van der Waals surface area contributed by atoms with Crippen molar-refractivity contribution in [3.63, 3.8) is 0 Å². The summed E-state index contributed by atoms with van der Waals surface area (Å²) in [4.78, 5) is 26.3. The van der Waals surface area contributed by atoms with Crippen molar-refractivity contribution in [1.29, 1.82) is 5.26 Å². The second-order valence-electron chi connectivity index (χ2n) is 4.60. The molecule has 1 saturated heterocycles. The molecule has 1 rings (SSSR count). The maximum atomic E-state index is 12.4. The standard InChI is InChI=1S/C12H19N3O4/c1-9(2)14(5-3-4-13)12(18)15-6-7-19-8-10(15)11(16)17/h9-10H,3,5-8H2,1-2H3,(H,16,17). The molecule has 0 aromatic carbocycles. The van der Waals surface area contributed by atoms with Gasteiger partial charge in [-0.25, -0.2) is 9.59 Å². The average molecular weight is 269 g/mol. The Labute approximate surface area is 112 Å². The Kier molecular flexibility index (Phi) is 5.57. The third-order valence-electron chi connectivity index (χ3n) is 2.99. The van der Waals surface area contributed by atoms with Crippen molar-refractivity contribution in [3.8, 4) is 6.07 Å². The van der Waals surface area contributed by atoms with Crippen molar-refractivity contribution in [2.45, 2.75) is 32.4 Å². The molecule has 1 atom stereocenters. The van der Waals surface area contributed by atoms with Crippen LogP contribution in [-0.2, 0) is 9.53 Å². The molecule has 0 aromatic rings. The molecule has 0 spiro atoms. The Morgan fingerprint density at radius 2 is 2.26 bits per heavy atom. The molecule has 7 nitrogen and oxygen atoms in total. The topological polar surface area (TPSA) is 93.9 Å². The minimum absolute atomic E-state index is 0.00522. The molecule has 2 amide bonds. The summed E-state index contributed by atoms with van der Waals surface area (Å²) in [5, 5.41) is 17.7. The first kappa shape index (κ1) is 15.2. The molecular formula is C12H19N3O4. The summed E-state index contributed by atoms with van der Waals surface area (Å²) >= 11 is 0. The number of morpholine rings is 1. The maximum Gasteiger partial charge on any atom is 0.328 e. The Bertz CT molecular complexity index is 378. The molecule has 19 heavy (non-hydrogen) atoms. The largest absolute Gasteiger partial charge is 0.480 e. The van der Waals surface area contributed by atoms with Crippen LogP contribution in [0.2, 0.25) is 0 Å². The van der Waals surface area contributed by atoms with Crippen molar-refractivity contribution in [1.82, 2.24) is 9.80 Å². The van der Waals surface area contributed by atoms with Crippen LogP contribution >= 0.6 is 0 Å². The highest BCUT2D eigenvalue weighted by Crippen LogP contribution is 2.13. The van der Waals surface area contributed by atoms with Gasteiger partial charge < -0.3 is 19.6 Å². The number of ether oxygens (including phenoxy) is 1. The van der Waals surface area contributed by atoms with E-state index in [1.807, 2.05) is 19.9 Å². The zero-order valence-corrected chi connectivity index (χ0v) is 11.2. The highest BCUT2D eigenvalue weighted by Gasteiger charge is 2.35. The molecule has 1 fully saturated rings. The lowest BCUT2D eigenvalue weighted by Gasteiger charge is -2.38. The minimum atomic E-state index is -1.07. The van der Waals surface area contributed by atoms with Gasteiger partial charge in [0.2, 0.25) is 0 Å². The van der Waals surface area contributed by atoms with E-state index in [1.165, 1.54) is 9.80 Å². The Hall–Kier alpha value is -1.81. The van der Waals surface area contributed by atoms with Crippen LogP contribution in [0, 0.1) is 11.3 Å². The number of hydrogen-bond donors (Lipinski definition) is 1. The molecule has 1 heterocycles. The van der Waals surface area contributed by atoms with Crippen LogP contribution in [0.5, 0.6) is 0 Å². The zero-order valence-electron chi connectivity index (χ0n) is 11.2. The first-order valence-electron chi connectivity index (χ1n) is 6.23. The number of carbonyl (C=O) groups is 2. The van der Waals surface area contributed by atoms with Gasteiger partial charge in [0.25, 0.3) is 0 Å². The highest BCUT2D eigenvalue weighted by molar-refractivity contribution is 5.83. The molecule has 0 saturated carbocycles. The number of rotatable bonds is 4. The third kappa shape index (κ3) is 3.83. The van der Waals surface area contributed by atoms with Gasteiger partial charge in [0.1, 0.15) is 0 Å². The molecular weight excluding hydrogens is 250 g/mol. The molecule has 0 bridgehead atoms. The number of carbonyl (C=O) groups excluding carboxylic acids is 1. The summed E-state index contributed by atoms with van der Waals surface area (Å²) in [6.45, 7) is 4.57. The maximum absolute atomic E-state index is 12.4. The minimum Gasteiger partial charge on any atom is -0.480 e. The molecule has 1 N–H and O–H groups in total. The van der Waals surface area contributed by atoms with E-state index in [4.69, 9.17) is 15.1 Å². The summed E-state index contributed by atoms with van der Waals surface area (Å²) in [6.07, 6.45) is 0.228. The van der Waals surface area contributed by atoms with Crippen molar-refractivity contribution in [2.75, 3.05) is 26.3 Å². The monoisotopic (exact) mass is 269 g/mol. The smallest absolute Gasteiger partial charge is 0.328 e. The molecule has 7 heteroatoms. The van der Waals surface area contributed by atoms with Gasteiger partial charge in [0, 0.05) is 19.1 Å². The Balaban J connectivity index is 2.81. The van der Waals surface area contributed by atoms with E-state index in [1.54, 1.807) is 0 Å². The molecule has 1 aliphatic rings. The van der Waals surface area contributed by atoms with Gasteiger partial charge in [-0.3, -0.25) is 0 Å². The van der Waals surface area contributed by atoms with Gasteiger partial charge in [0.05, 0.1) is 25.7 Å². The molecule has 1 aliphatic heterocycles. The number of hydrogen-bond acceptors (Lipinski definition) is 4. The van der Waals surface area contributed by atoms with Gasteiger partial charge in [0.15, 0.2) is 6.04 Å². The van der Waals surface area contributed by atoms with Crippen LogP contribution in [0.4, 0.5) is 4.79 Å². The SMILES string of the molecule is CC(C)N(CCC#N)C(=O)N1CCOCC1C(=O)O. The number of carboxylic acids is 1. The second kappa shape index (κ2) is 6.95. The lowest BCUT2D eigenvalue weighted by molar-refractivity contribution is -0.147. The molecule has 106 valence electrons. The quantitative estimate of drug-likeness (QED) is 0.802. The van der Waals surface area contributed by atoms with E-state index in [0.29, 0.717) is 13.2 Å². The molecule has 1 unspecified atom stereocenters. The summed E-state index contributed by atoms with van der Waals surface area (Å²) in [7, 11) is 0. The Morgan fingerprint density at radius 3 is 2.79 bits per heavy atom. The molecule has 0 aromatic heterocycles. The molecule has 0 radical (unpaired) electrons. The third-order valence-corrected chi connectivity index (χ3v) is 2.99. The van der Waals surface area contributed by atoms with E-state index < -0.39 is 12.0 Å². The van der Waals surface area contributed by atoms with E-state index in [0.717, 1.165) is 0 Å². The van der Waals surface area contributed by atoms with Gasteiger partial charge in [-0.05, 0) is 13.8 Å². The summed E-state index contributed by atoms with van der Waals surface area (Å²) < 4.78 is 5.10. The van der Waals surface area contributed by atoms with E-state index >= 15 is 0 Å². The number of nitriles is 1. The van der Waals surface area contributed by atoms with E-state index in [2.05, 4.69) is 0 Å². The summed E-state index contributed by atoms with van der Waals surface area (Å²) in [6, 6.07) is 0.606. The number of carboxylic acid groups (broad SMARTS) is 1. The van der Waals surface area contributed by atoms with Crippen LogP contribution in [0.3, 0.4) is 0 Å².